The number of nitrogens with zero attached hydrogens (tertiary/aromatic N) is 2. The first kappa shape index (κ1) is 24.1. The zero-order valence-corrected chi connectivity index (χ0v) is 16.1. The lowest BCUT2D eigenvalue weighted by Gasteiger charge is -2.20. The number of benzene rings is 2. The minimum absolute atomic E-state index is 0.0854. The summed E-state index contributed by atoms with van der Waals surface area (Å²) in [6.07, 6.45) is -15.3. The average molecular weight is 481 g/mol. The molecule has 0 fully saturated rings. The van der Waals surface area contributed by atoms with Crippen molar-refractivity contribution in [2.75, 3.05) is 5.32 Å². The highest BCUT2D eigenvalue weighted by atomic mass is 19.4. The molecule has 3 aromatic rings. The molecule has 0 spiro atoms. The van der Waals surface area contributed by atoms with Gasteiger partial charge in [0.15, 0.2) is 5.69 Å². The van der Waals surface area contributed by atoms with Crippen LogP contribution in [0.1, 0.15) is 22.4 Å². The van der Waals surface area contributed by atoms with E-state index < -0.39 is 59.1 Å². The monoisotopic (exact) mass is 481 g/mol. The molecule has 0 bridgehead atoms. The van der Waals surface area contributed by atoms with Gasteiger partial charge in [-0.05, 0) is 23.8 Å². The van der Waals surface area contributed by atoms with Gasteiger partial charge in [0.1, 0.15) is 0 Å². The zero-order chi connectivity index (χ0) is 24.6. The summed E-state index contributed by atoms with van der Waals surface area (Å²) < 4.78 is 119. The van der Waals surface area contributed by atoms with E-state index in [9.17, 15) is 44.3 Å². The first-order valence-electron chi connectivity index (χ1n) is 8.95. The molecule has 0 aliphatic carbocycles. The molecule has 0 amide bonds. The number of alkyl halides is 9. The van der Waals surface area contributed by atoms with E-state index in [1.54, 1.807) is 18.2 Å². The van der Waals surface area contributed by atoms with Crippen LogP contribution in [0.5, 0.6) is 0 Å². The molecule has 33 heavy (non-hydrogen) atoms. The van der Waals surface area contributed by atoms with E-state index in [0.717, 1.165) is 0 Å². The highest BCUT2D eigenvalue weighted by Gasteiger charge is 2.38. The molecule has 1 aromatic heterocycles. The SMILES string of the molecule is O=c1cc(C(F)(F)F)nc(Nc2cc(C(F)(F)F)ccc2C(F)(F)F)n1Cc1ccccc1. The zero-order valence-electron chi connectivity index (χ0n) is 16.1. The third kappa shape index (κ3) is 5.65. The van der Waals surface area contributed by atoms with Crippen LogP contribution in [-0.2, 0) is 25.1 Å². The van der Waals surface area contributed by atoms with Crippen molar-refractivity contribution in [2.45, 2.75) is 25.1 Å². The number of hydrogen-bond donors (Lipinski definition) is 1. The van der Waals surface area contributed by atoms with Crippen LogP contribution in [0.25, 0.3) is 0 Å². The van der Waals surface area contributed by atoms with Crippen molar-refractivity contribution in [1.82, 2.24) is 9.55 Å². The van der Waals surface area contributed by atoms with E-state index in [2.05, 4.69) is 4.98 Å². The minimum atomic E-state index is -5.15. The lowest BCUT2D eigenvalue weighted by Crippen LogP contribution is -2.27. The van der Waals surface area contributed by atoms with Crippen molar-refractivity contribution >= 4 is 11.6 Å². The lowest BCUT2D eigenvalue weighted by atomic mass is 10.1. The summed E-state index contributed by atoms with van der Waals surface area (Å²) in [4.78, 5) is 15.6. The normalized spacial score (nSPS) is 12.6. The molecule has 176 valence electrons. The van der Waals surface area contributed by atoms with E-state index in [0.29, 0.717) is 10.1 Å². The molecule has 0 unspecified atom stereocenters. The van der Waals surface area contributed by atoms with Gasteiger partial charge in [-0.25, -0.2) is 4.98 Å². The van der Waals surface area contributed by atoms with Gasteiger partial charge < -0.3 is 5.32 Å². The smallest absolute Gasteiger partial charge is 0.325 e. The molecule has 0 radical (unpaired) electrons. The Morgan fingerprint density at radius 3 is 1.97 bits per heavy atom. The number of rotatable bonds is 4. The van der Waals surface area contributed by atoms with E-state index >= 15 is 0 Å². The second-order valence-corrected chi connectivity index (χ2v) is 6.75. The van der Waals surface area contributed by atoms with Crippen molar-refractivity contribution in [2.24, 2.45) is 0 Å². The Labute approximate surface area is 179 Å². The van der Waals surface area contributed by atoms with Crippen molar-refractivity contribution in [3.63, 3.8) is 0 Å². The fourth-order valence-electron chi connectivity index (χ4n) is 2.86. The third-order valence-electron chi connectivity index (χ3n) is 4.38. The van der Waals surface area contributed by atoms with Crippen LogP contribution in [0.3, 0.4) is 0 Å². The second-order valence-electron chi connectivity index (χ2n) is 6.75. The Kier molecular flexibility index (Phi) is 6.18. The topological polar surface area (TPSA) is 46.9 Å². The summed E-state index contributed by atoms with van der Waals surface area (Å²) >= 11 is 0. The quantitative estimate of drug-likeness (QED) is 0.459. The molecule has 4 nitrogen and oxygen atoms in total. The second kappa shape index (κ2) is 8.45. The molecular formula is C20H12F9N3O. The molecule has 2 aromatic carbocycles. The highest BCUT2D eigenvalue weighted by Crippen LogP contribution is 2.40. The van der Waals surface area contributed by atoms with Gasteiger partial charge >= 0.3 is 18.5 Å². The predicted molar refractivity (Wildman–Crippen MR) is 98.8 cm³/mol. The van der Waals surface area contributed by atoms with Gasteiger partial charge in [-0.1, -0.05) is 30.3 Å². The summed E-state index contributed by atoms with van der Waals surface area (Å²) in [6, 6.07) is 8.21. The van der Waals surface area contributed by atoms with Crippen molar-refractivity contribution in [1.29, 1.82) is 0 Å². The number of aromatic nitrogens is 2. The standard InChI is InChI=1S/C20H12F9N3O/c21-18(22,23)12-6-7-13(19(24,25)26)14(8-12)30-17-31-15(20(27,28)29)9-16(33)32(17)10-11-4-2-1-3-5-11/h1-9H,10H2,(H,30,31). The molecule has 13 heteroatoms. The summed E-state index contributed by atoms with van der Waals surface area (Å²) in [7, 11) is 0. The van der Waals surface area contributed by atoms with Crippen LogP contribution in [-0.4, -0.2) is 9.55 Å². The Bertz CT molecular complexity index is 1200. The molecule has 0 saturated carbocycles. The van der Waals surface area contributed by atoms with Gasteiger partial charge in [-0.15, -0.1) is 0 Å². The Morgan fingerprint density at radius 1 is 0.788 bits per heavy atom. The van der Waals surface area contributed by atoms with Crippen LogP contribution < -0.4 is 10.9 Å². The maximum absolute atomic E-state index is 13.4. The van der Waals surface area contributed by atoms with Gasteiger partial charge in [0.05, 0.1) is 23.4 Å². The maximum Gasteiger partial charge on any atom is 0.433 e. The van der Waals surface area contributed by atoms with Gasteiger partial charge in [-0.2, -0.15) is 39.5 Å². The molecule has 1 heterocycles. The molecule has 1 N–H and O–H groups in total. The average Bonchev–Trinajstić information content (AvgIpc) is 2.69. The molecule has 0 aliphatic rings. The summed E-state index contributed by atoms with van der Waals surface area (Å²) in [6.45, 7) is -0.409. The van der Waals surface area contributed by atoms with Crippen LogP contribution >= 0.6 is 0 Å². The number of anilines is 2. The van der Waals surface area contributed by atoms with Crippen molar-refractivity contribution in [3.05, 3.63) is 87.3 Å². The fourth-order valence-corrected chi connectivity index (χ4v) is 2.86. The molecule has 0 aliphatic heterocycles. The molecular weight excluding hydrogens is 469 g/mol. The lowest BCUT2D eigenvalue weighted by molar-refractivity contribution is -0.141. The van der Waals surface area contributed by atoms with E-state index in [4.69, 9.17) is 0 Å². The number of hydrogen-bond acceptors (Lipinski definition) is 3. The van der Waals surface area contributed by atoms with E-state index in [1.165, 1.54) is 12.1 Å². The number of nitrogens with one attached hydrogen (secondary N) is 1. The van der Waals surface area contributed by atoms with Crippen LogP contribution in [0.2, 0.25) is 0 Å². The summed E-state index contributed by atoms with van der Waals surface area (Å²) in [5, 5.41) is 1.87. The van der Waals surface area contributed by atoms with Gasteiger partial charge in [0.25, 0.3) is 5.56 Å². The Morgan fingerprint density at radius 2 is 1.42 bits per heavy atom. The largest absolute Gasteiger partial charge is 0.433 e. The number of halogens is 9. The Hall–Kier alpha value is -3.51. The van der Waals surface area contributed by atoms with Gasteiger partial charge in [0, 0.05) is 6.07 Å². The van der Waals surface area contributed by atoms with Crippen LogP contribution in [0.4, 0.5) is 51.1 Å². The summed E-state index contributed by atoms with van der Waals surface area (Å²) in [5.74, 6) is -1.01. The van der Waals surface area contributed by atoms with Gasteiger partial charge in [-0.3, -0.25) is 9.36 Å². The Balaban J connectivity index is 2.21. The molecule has 0 atom stereocenters. The van der Waals surface area contributed by atoms with Crippen LogP contribution in [0, 0.1) is 0 Å². The van der Waals surface area contributed by atoms with Crippen molar-refractivity contribution < 1.29 is 39.5 Å². The predicted octanol–water partition coefficient (Wildman–Crippen LogP) is 6.09. The fraction of sp³-hybridized carbons (Fsp3) is 0.200. The van der Waals surface area contributed by atoms with Gasteiger partial charge in [0.2, 0.25) is 5.95 Å². The third-order valence-corrected chi connectivity index (χ3v) is 4.38. The highest BCUT2D eigenvalue weighted by molar-refractivity contribution is 5.61. The first-order valence-corrected chi connectivity index (χ1v) is 8.95. The molecule has 3 rings (SSSR count). The van der Waals surface area contributed by atoms with E-state index in [1.807, 2.05) is 5.32 Å². The summed E-state index contributed by atoms with van der Waals surface area (Å²) in [5.41, 5.74) is -6.91. The molecule has 0 saturated heterocycles. The minimum Gasteiger partial charge on any atom is -0.325 e. The van der Waals surface area contributed by atoms with E-state index in [-0.39, 0.29) is 24.3 Å². The van der Waals surface area contributed by atoms with Crippen molar-refractivity contribution in [3.8, 4) is 0 Å². The maximum atomic E-state index is 13.4. The first-order chi connectivity index (χ1) is 15.2. The van der Waals surface area contributed by atoms with Crippen LogP contribution in [0.15, 0.2) is 59.4 Å².